The predicted molar refractivity (Wildman–Crippen MR) is 174 cm³/mol. The van der Waals surface area contributed by atoms with Crippen molar-refractivity contribution in [3.63, 3.8) is 0 Å². The highest BCUT2D eigenvalue weighted by Crippen LogP contribution is 2.28. The summed E-state index contributed by atoms with van der Waals surface area (Å²) in [4.78, 5) is 25.1. The highest BCUT2D eigenvalue weighted by molar-refractivity contribution is 5.81. The Morgan fingerprint density at radius 2 is 1.30 bits per heavy atom. The van der Waals surface area contributed by atoms with Crippen LogP contribution in [0.25, 0.3) is 0 Å². The zero-order valence-corrected chi connectivity index (χ0v) is 27.4. The molecule has 1 fully saturated rings. The molecule has 1 amide bonds. The molecule has 1 aliphatic heterocycles. The molecule has 3 N–H and O–H groups in total. The van der Waals surface area contributed by atoms with Crippen LogP contribution in [0, 0.1) is 0 Å². The second kappa shape index (κ2) is 17.9. The van der Waals surface area contributed by atoms with E-state index >= 15 is 0 Å². The minimum Gasteiger partial charge on any atom is -0.467 e. The molecule has 3 aromatic rings. The summed E-state index contributed by atoms with van der Waals surface area (Å²) in [6.45, 7) is 5.90. The lowest BCUT2D eigenvalue weighted by Crippen LogP contribution is -2.64. The maximum atomic E-state index is 12.6. The number of alkyl carbamates (subject to hydrolysis) is 1. The molecule has 3 aromatic carbocycles. The summed E-state index contributed by atoms with van der Waals surface area (Å²) in [5, 5.41) is 2.51. The van der Waals surface area contributed by atoms with Gasteiger partial charge in [0.15, 0.2) is 12.3 Å². The van der Waals surface area contributed by atoms with E-state index in [1.54, 1.807) is 20.8 Å². The molecule has 0 saturated carbocycles. The lowest BCUT2D eigenvalue weighted by molar-refractivity contribution is -0.287. The van der Waals surface area contributed by atoms with Crippen LogP contribution in [0.15, 0.2) is 91.0 Å². The minimum atomic E-state index is -1.19. The van der Waals surface area contributed by atoms with E-state index in [0.29, 0.717) is 6.61 Å². The molecule has 1 saturated heterocycles. The number of methoxy groups -OCH3 is 1. The first-order valence-corrected chi connectivity index (χ1v) is 15.7. The van der Waals surface area contributed by atoms with Gasteiger partial charge in [-0.3, -0.25) is 0 Å². The zero-order valence-electron chi connectivity index (χ0n) is 27.4. The van der Waals surface area contributed by atoms with Gasteiger partial charge in [0.05, 0.1) is 46.2 Å². The first-order valence-electron chi connectivity index (χ1n) is 15.7. The Kier molecular flexibility index (Phi) is 13.7. The van der Waals surface area contributed by atoms with Crippen molar-refractivity contribution in [1.82, 2.24) is 5.32 Å². The zero-order chi connectivity index (χ0) is 33.6. The summed E-state index contributed by atoms with van der Waals surface area (Å²) in [5.41, 5.74) is 8.94. The number of hydrogen-bond donors (Lipinski definition) is 2. The van der Waals surface area contributed by atoms with Gasteiger partial charge in [0, 0.05) is 0 Å². The highest BCUT2D eigenvalue weighted by Gasteiger charge is 2.47. The van der Waals surface area contributed by atoms with E-state index in [1.807, 2.05) is 91.0 Å². The summed E-state index contributed by atoms with van der Waals surface area (Å²) in [6.07, 6.45) is -3.84. The van der Waals surface area contributed by atoms with Gasteiger partial charge in [-0.25, -0.2) is 9.59 Å². The quantitative estimate of drug-likeness (QED) is 0.226. The summed E-state index contributed by atoms with van der Waals surface area (Å²) in [7, 11) is 1.22. The average Bonchev–Trinajstić information content (AvgIpc) is 3.06. The van der Waals surface area contributed by atoms with Crippen molar-refractivity contribution in [3.05, 3.63) is 108 Å². The number of ether oxygens (including phenoxy) is 7. The molecule has 6 atom stereocenters. The molecule has 4 rings (SSSR count). The molecule has 1 heterocycles. The van der Waals surface area contributed by atoms with Crippen molar-refractivity contribution in [2.75, 3.05) is 20.3 Å². The maximum absolute atomic E-state index is 12.6. The molecule has 1 aliphatic rings. The van der Waals surface area contributed by atoms with Crippen LogP contribution in [-0.4, -0.2) is 74.7 Å². The number of nitrogens with two attached hydrogens (primary N) is 1. The van der Waals surface area contributed by atoms with Gasteiger partial charge in [0.2, 0.25) is 0 Å². The van der Waals surface area contributed by atoms with Gasteiger partial charge in [-0.15, -0.1) is 0 Å². The number of esters is 1. The molecular formula is C36H46N2O9. The van der Waals surface area contributed by atoms with Gasteiger partial charge in [-0.05, 0) is 37.5 Å². The Morgan fingerprint density at radius 3 is 1.81 bits per heavy atom. The molecule has 0 radical (unpaired) electrons. The molecule has 47 heavy (non-hydrogen) atoms. The number of nitrogens with one attached hydrogen (secondary N) is 1. The van der Waals surface area contributed by atoms with Crippen LogP contribution >= 0.6 is 0 Å². The van der Waals surface area contributed by atoms with E-state index in [9.17, 15) is 9.59 Å². The topological polar surface area (TPSA) is 137 Å². The first-order chi connectivity index (χ1) is 22.6. The molecular weight excluding hydrogens is 604 g/mol. The Hall–Kier alpha value is -3.84. The van der Waals surface area contributed by atoms with Gasteiger partial charge in [-0.2, -0.15) is 0 Å². The molecule has 0 unspecified atom stereocenters. The Balaban J connectivity index is 1.54. The molecule has 0 aromatic heterocycles. The van der Waals surface area contributed by atoms with Crippen molar-refractivity contribution >= 4 is 12.1 Å². The fourth-order valence-corrected chi connectivity index (χ4v) is 4.97. The third kappa shape index (κ3) is 11.7. The summed E-state index contributed by atoms with van der Waals surface area (Å²) in [6, 6.07) is 27.3. The van der Waals surface area contributed by atoms with Gasteiger partial charge in [0.25, 0.3) is 0 Å². The summed E-state index contributed by atoms with van der Waals surface area (Å²) < 4.78 is 41.7. The van der Waals surface area contributed by atoms with E-state index in [4.69, 9.17) is 38.9 Å². The fourth-order valence-electron chi connectivity index (χ4n) is 4.97. The number of rotatable bonds is 15. The fraction of sp³-hybridized carbons (Fsp3) is 0.444. The van der Waals surface area contributed by atoms with Crippen LogP contribution in [0.3, 0.4) is 0 Å². The van der Waals surface area contributed by atoms with Crippen LogP contribution < -0.4 is 11.1 Å². The Bertz CT molecular complexity index is 1360. The smallest absolute Gasteiger partial charge is 0.408 e. The largest absolute Gasteiger partial charge is 0.467 e. The second-order valence-electron chi connectivity index (χ2n) is 12.2. The van der Waals surface area contributed by atoms with E-state index in [2.05, 4.69) is 5.32 Å². The second-order valence-corrected chi connectivity index (χ2v) is 12.2. The Labute approximate surface area is 276 Å². The number of carbonyl (C=O) groups is 2. The highest BCUT2D eigenvalue weighted by atomic mass is 16.7. The molecule has 0 bridgehead atoms. The number of benzene rings is 3. The third-order valence-electron chi connectivity index (χ3n) is 7.26. The van der Waals surface area contributed by atoms with E-state index in [-0.39, 0.29) is 26.4 Å². The van der Waals surface area contributed by atoms with Crippen LogP contribution in [-0.2, 0) is 57.8 Å². The van der Waals surface area contributed by atoms with Crippen LogP contribution in [0.5, 0.6) is 0 Å². The van der Waals surface area contributed by atoms with Gasteiger partial charge < -0.3 is 44.2 Å². The van der Waals surface area contributed by atoms with E-state index in [1.165, 1.54) is 7.11 Å². The van der Waals surface area contributed by atoms with Gasteiger partial charge in [0.1, 0.15) is 23.9 Å². The van der Waals surface area contributed by atoms with Crippen LogP contribution in [0.2, 0.25) is 0 Å². The number of amides is 1. The maximum Gasteiger partial charge on any atom is 0.408 e. The molecule has 0 aliphatic carbocycles. The third-order valence-corrected chi connectivity index (χ3v) is 7.26. The molecule has 254 valence electrons. The lowest BCUT2D eigenvalue weighted by atomic mass is 9.96. The van der Waals surface area contributed by atoms with Crippen LogP contribution in [0.1, 0.15) is 37.5 Å². The van der Waals surface area contributed by atoms with Crippen LogP contribution in [0.4, 0.5) is 4.79 Å². The Morgan fingerprint density at radius 1 is 0.787 bits per heavy atom. The van der Waals surface area contributed by atoms with E-state index < -0.39 is 54.3 Å². The predicted octanol–water partition coefficient (Wildman–Crippen LogP) is 4.51. The summed E-state index contributed by atoms with van der Waals surface area (Å²) >= 11 is 0. The van der Waals surface area contributed by atoms with Crippen molar-refractivity contribution in [2.45, 2.75) is 82.9 Å². The van der Waals surface area contributed by atoms with Crippen molar-refractivity contribution in [3.8, 4) is 0 Å². The number of carbonyl (C=O) groups excluding carboxylic acids is 2. The minimum absolute atomic E-state index is 0.142. The van der Waals surface area contributed by atoms with E-state index in [0.717, 1.165) is 16.7 Å². The van der Waals surface area contributed by atoms with Crippen molar-refractivity contribution in [1.29, 1.82) is 0 Å². The SMILES string of the molecule is COC(=O)[C@H](CO[C@H]1O[C@H](COCc2ccccc2)[C@H](OCc2ccccc2)[C@H](OCc2ccccc2)[C@H]1N)NC(=O)OC(C)(C)C. The molecule has 0 spiro atoms. The van der Waals surface area contributed by atoms with Crippen molar-refractivity contribution in [2.24, 2.45) is 5.73 Å². The average molecular weight is 651 g/mol. The molecule has 11 heteroatoms. The summed E-state index contributed by atoms with van der Waals surface area (Å²) in [5.74, 6) is -0.719. The lowest BCUT2D eigenvalue weighted by Gasteiger charge is -2.45. The molecule has 11 nitrogen and oxygen atoms in total. The first kappa shape index (κ1) is 36.0. The van der Waals surface area contributed by atoms with Crippen molar-refractivity contribution < 1.29 is 42.7 Å². The van der Waals surface area contributed by atoms with Gasteiger partial charge in [-0.1, -0.05) is 91.0 Å². The standard InChI is InChI=1S/C36H46N2O9/c1-36(2,3)47-35(40)38-28(33(39)41-4)23-45-34-30(37)32(44-22-27-18-12-7-13-19-27)31(43-21-26-16-10-6-11-17-26)29(46-34)24-42-20-25-14-8-5-9-15-25/h5-19,28-32,34H,20-24,37H2,1-4H3,(H,38,40)/t28-,29+,30+,31-,32+,34-/m0/s1. The number of hydrogen-bond acceptors (Lipinski definition) is 10. The van der Waals surface area contributed by atoms with Gasteiger partial charge >= 0.3 is 12.1 Å². The monoisotopic (exact) mass is 650 g/mol. The normalized spacial score (nSPS) is 21.9.